The molecule has 3 heterocycles. The highest BCUT2D eigenvalue weighted by Crippen LogP contribution is 2.23. The minimum absolute atomic E-state index is 0.0168. The molecule has 8 heteroatoms. The second kappa shape index (κ2) is 8.03. The van der Waals surface area contributed by atoms with E-state index in [0.29, 0.717) is 17.1 Å². The fourth-order valence-corrected chi connectivity index (χ4v) is 3.34. The molecule has 1 N–H and O–H groups in total. The monoisotopic (exact) mass is 380 g/mol. The molecule has 0 aliphatic carbocycles. The third kappa shape index (κ3) is 4.15. The number of carbonyl (C=O) groups excluding carboxylic acids is 2. The number of hydrogen-bond donors (Lipinski definition) is 1. The Kier molecular flexibility index (Phi) is 5.76. The molecule has 0 radical (unpaired) electrons. The van der Waals surface area contributed by atoms with Gasteiger partial charge in [-0.25, -0.2) is 9.37 Å². The van der Waals surface area contributed by atoms with Crippen LogP contribution in [0.3, 0.4) is 0 Å². The molecular weight excluding hydrogens is 359 g/mol. The zero-order valence-electron chi connectivity index (χ0n) is 14.6. The van der Waals surface area contributed by atoms with Crippen LogP contribution in [0, 0.1) is 0 Å². The van der Waals surface area contributed by atoms with E-state index in [1.165, 1.54) is 4.90 Å². The van der Waals surface area contributed by atoms with E-state index < -0.39 is 6.17 Å². The summed E-state index contributed by atoms with van der Waals surface area (Å²) in [5.41, 5.74) is 0.835. The number of carbonyl (C=O) groups is 2. The van der Waals surface area contributed by atoms with Crippen molar-refractivity contribution < 1.29 is 14.0 Å². The summed E-state index contributed by atoms with van der Waals surface area (Å²) in [6.45, 7) is 2.29. The minimum Gasteiger partial charge on any atom is -0.354 e. The van der Waals surface area contributed by atoms with Crippen LogP contribution in [0.1, 0.15) is 43.1 Å². The molecule has 2 aromatic rings. The Balaban J connectivity index is 1.70. The lowest BCUT2D eigenvalue weighted by atomic mass is 10.2. The summed E-state index contributed by atoms with van der Waals surface area (Å²) in [6, 6.07) is 3.05. The fraction of sp³-hybridized carbons (Fsp3) is 0.500. The number of halogens is 2. The smallest absolute Gasteiger partial charge is 0.274 e. The molecule has 3 rings (SSSR count). The van der Waals surface area contributed by atoms with E-state index in [-0.39, 0.29) is 43.1 Å². The zero-order chi connectivity index (χ0) is 18.7. The van der Waals surface area contributed by atoms with E-state index in [1.807, 2.05) is 6.92 Å². The first kappa shape index (κ1) is 18.6. The van der Waals surface area contributed by atoms with E-state index in [1.54, 1.807) is 28.9 Å². The van der Waals surface area contributed by atoms with E-state index in [9.17, 15) is 14.0 Å². The predicted molar refractivity (Wildman–Crippen MR) is 97.1 cm³/mol. The zero-order valence-corrected chi connectivity index (χ0v) is 15.4. The molecule has 0 spiro atoms. The van der Waals surface area contributed by atoms with Crippen LogP contribution < -0.4 is 5.32 Å². The molecule has 2 aromatic heterocycles. The van der Waals surface area contributed by atoms with Crippen LogP contribution in [-0.4, -0.2) is 51.4 Å². The Labute approximate surface area is 156 Å². The molecule has 1 fully saturated rings. The van der Waals surface area contributed by atoms with Crippen molar-refractivity contribution in [3.8, 4) is 0 Å². The van der Waals surface area contributed by atoms with Gasteiger partial charge in [0.1, 0.15) is 17.5 Å². The Morgan fingerprint density at radius 1 is 1.38 bits per heavy atom. The maximum Gasteiger partial charge on any atom is 0.274 e. The summed E-state index contributed by atoms with van der Waals surface area (Å²) in [5.74, 6) is -0.401. The largest absolute Gasteiger partial charge is 0.354 e. The predicted octanol–water partition coefficient (Wildman–Crippen LogP) is 2.85. The lowest BCUT2D eigenvalue weighted by Gasteiger charge is -2.23. The second-order valence-corrected chi connectivity index (χ2v) is 7.03. The van der Waals surface area contributed by atoms with Crippen LogP contribution in [0.4, 0.5) is 4.39 Å². The summed E-state index contributed by atoms with van der Waals surface area (Å²) < 4.78 is 15.6. The molecule has 1 saturated heterocycles. The van der Waals surface area contributed by atoms with Crippen molar-refractivity contribution in [2.75, 3.05) is 13.1 Å². The summed E-state index contributed by atoms with van der Waals surface area (Å²) >= 11 is 5.95. The topological polar surface area (TPSA) is 66.7 Å². The van der Waals surface area contributed by atoms with Gasteiger partial charge in [0.15, 0.2) is 0 Å². The van der Waals surface area contributed by atoms with Crippen LogP contribution in [-0.2, 0) is 4.79 Å². The number of likely N-dealkylation sites (tertiary alicyclic amines) is 1. The molecule has 2 amide bonds. The van der Waals surface area contributed by atoms with Gasteiger partial charge < -0.3 is 14.6 Å². The van der Waals surface area contributed by atoms with Crippen LogP contribution in [0.25, 0.3) is 5.65 Å². The molecule has 6 nitrogen and oxygen atoms in total. The van der Waals surface area contributed by atoms with Crippen molar-refractivity contribution in [3.63, 3.8) is 0 Å². The van der Waals surface area contributed by atoms with Gasteiger partial charge in [-0.15, -0.1) is 0 Å². The van der Waals surface area contributed by atoms with Crippen LogP contribution in [0.5, 0.6) is 0 Å². The SMILES string of the molecule is CCCCC(=O)NC[C@@H]1C[C@H](F)CN1C(=O)c1cn2cc(Cl)ccc2n1. The molecular formula is C18H22ClFN4O2. The average molecular weight is 381 g/mol. The van der Waals surface area contributed by atoms with Crippen LogP contribution in [0.15, 0.2) is 24.5 Å². The molecule has 2 atom stereocenters. The third-order valence-corrected chi connectivity index (χ3v) is 4.77. The number of pyridine rings is 1. The van der Waals surface area contributed by atoms with Crippen LogP contribution in [0.2, 0.25) is 5.02 Å². The van der Waals surface area contributed by atoms with Gasteiger partial charge in [-0.2, -0.15) is 0 Å². The molecule has 0 unspecified atom stereocenters. The van der Waals surface area contributed by atoms with Gasteiger partial charge in [0, 0.05) is 31.8 Å². The van der Waals surface area contributed by atoms with E-state index >= 15 is 0 Å². The summed E-state index contributed by atoms with van der Waals surface area (Å²) in [4.78, 5) is 30.4. The number of nitrogens with one attached hydrogen (secondary N) is 1. The maximum atomic E-state index is 13.9. The van der Waals surface area contributed by atoms with Crippen molar-refractivity contribution in [2.24, 2.45) is 0 Å². The molecule has 0 bridgehead atoms. The van der Waals surface area contributed by atoms with Gasteiger partial charge in [0.05, 0.1) is 17.6 Å². The molecule has 0 saturated carbocycles. The highest BCUT2D eigenvalue weighted by Gasteiger charge is 2.36. The lowest BCUT2D eigenvalue weighted by Crippen LogP contribution is -2.43. The number of fused-ring (bicyclic) bond motifs is 1. The molecule has 1 aliphatic heterocycles. The minimum atomic E-state index is -1.09. The summed E-state index contributed by atoms with van der Waals surface area (Å²) in [5, 5.41) is 3.34. The van der Waals surface area contributed by atoms with Crippen molar-refractivity contribution in [1.82, 2.24) is 19.6 Å². The van der Waals surface area contributed by atoms with Gasteiger partial charge in [-0.3, -0.25) is 9.59 Å². The number of hydrogen-bond acceptors (Lipinski definition) is 3. The number of alkyl halides is 1. The normalized spacial score (nSPS) is 19.9. The van der Waals surface area contributed by atoms with Crippen molar-refractivity contribution >= 4 is 29.1 Å². The van der Waals surface area contributed by atoms with Crippen LogP contribution >= 0.6 is 11.6 Å². The number of unbranched alkanes of at least 4 members (excludes halogenated alkanes) is 1. The highest BCUT2D eigenvalue weighted by atomic mass is 35.5. The standard InChI is InChI=1S/C18H22ClFN4O2/c1-2-3-4-17(25)21-8-14-7-13(20)10-24(14)18(26)15-11-23-9-12(19)5-6-16(23)22-15/h5-6,9,11,13-14H,2-4,7-8,10H2,1H3,(H,21,25)/t13-,14-/m0/s1. The van der Waals surface area contributed by atoms with Gasteiger partial charge in [-0.1, -0.05) is 24.9 Å². The number of imidazole rings is 1. The van der Waals surface area contributed by atoms with E-state index in [2.05, 4.69) is 10.3 Å². The number of amides is 2. The van der Waals surface area contributed by atoms with Gasteiger partial charge in [0.2, 0.25) is 5.91 Å². The van der Waals surface area contributed by atoms with Crippen molar-refractivity contribution in [2.45, 2.75) is 44.8 Å². The second-order valence-electron chi connectivity index (χ2n) is 6.59. The number of aromatic nitrogens is 2. The van der Waals surface area contributed by atoms with Gasteiger partial charge in [0.25, 0.3) is 5.91 Å². The first-order valence-electron chi connectivity index (χ1n) is 8.84. The highest BCUT2D eigenvalue weighted by molar-refractivity contribution is 6.30. The Morgan fingerprint density at radius 3 is 2.96 bits per heavy atom. The molecule has 0 aromatic carbocycles. The quantitative estimate of drug-likeness (QED) is 0.838. The maximum absolute atomic E-state index is 13.9. The molecule has 1 aliphatic rings. The Hall–Kier alpha value is -2.15. The fourth-order valence-electron chi connectivity index (χ4n) is 3.17. The average Bonchev–Trinajstić information content (AvgIpc) is 3.20. The van der Waals surface area contributed by atoms with E-state index in [4.69, 9.17) is 11.6 Å². The lowest BCUT2D eigenvalue weighted by molar-refractivity contribution is -0.121. The van der Waals surface area contributed by atoms with E-state index in [0.717, 1.165) is 12.8 Å². The van der Waals surface area contributed by atoms with Gasteiger partial charge >= 0.3 is 0 Å². The number of rotatable bonds is 6. The molecule has 140 valence electrons. The summed E-state index contributed by atoms with van der Waals surface area (Å²) in [7, 11) is 0. The summed E-state index contributed by atoms with van der Waals surface area (Å²) in [6.07, 6.45) is 4.58. The first-order valence-corrected chi connectivity index (χ1v) is 9.21. The number of nitrogens with zero attached hydrogens (tertiary/aromatic N) is 3. The Bertz CT molecular complexity index is 810. The first-order chi connectivity index (χ1) is 12.5. The van der Waals surface area contributed by atoms with Gasteiger partial charge in [-0.05, 0) is 18.6 Å². The van der Waals surface area contributed by atoms with Crippen molar-refractivity contribution in [3.05, 3.63) is 35.2 Å². The third-order valence-electron chi connectivity index (χ3n) is 4.55. The Morgan fingerprint density at radius 2 is 2.19 bits per heavy atom. The molecule has 26 heavy (non-hydrogen) atoms. The van der Waals surface area contributed by atoms with Crippen molar-refractivity contribution in [1.29, 1.82) is 0 Å².